The Kier molecular flexibility index (Phi) is 8.89. The molecule has 38 heavy (non-hydrogen) atoms. The monoisotopic (exact) mass is 522 g/mol. The van der Waals surface area contributed by atoms with Crippen LogP contribution in [0.3, 0.4) is 0 Å². The van der Waals surface area contributed by atoms with Crippen LogP contribution in [0.5, 0.6) is 11.5 Å². The van der Waals surface area contributed by atoms with Gasteiger partial charge in [-0.1, -0.05) is 32.0 Å². The second kappa shape index (κ2) is 12.3. The fourth-order valence-corrected chi connectivity index (χ4v) is 5.20. The van der Waals surface area contributed by atoms with Gasteiger partial charge in [-0.15, -0.1) is 0 Å². The van der Waals surface area contributed by atoms with Crippen LogP contribution in [0.1, 0.15) is 36.2 Å². The number of rotatable bonds is 8. The largest absolute Gasteiger partial charge is 0.497 e. The lowest BCUT2D eigenvalue weighted by molar-refractivity contribution is -0.138. The molecular weight excluding hydrogens is 484 g/mol. The molecule has 2 unspecified atom stereocenters. The quantitative estimate of drug-likeness (QED) is 0.573. The number of methoxy groups -OCH3 is 2. The first-order valence-corrected chi connectivity index (χ1v) is 13.2. The van der Waals surface area contributed by atoms with E-state index in [9.17, 15) is 14.4 Å². The summed E-state index contributed by atoms with van der Waals surface area (Å²) in [6, 6.07) is 13.7. The topological polar surface area (TPSA) is 91.4 Å². The lowest BCUT2D eigenvalue weighted by atomic mass is 10.0. The highest BCUT2D eigenvalue weighted by Crippen LogP contribution is 2.29. The lowest BCUT2D eigenvalue weighted by Crippen LogP contribution is -2.53. The SMILES string of the molecule is COc1cccc(CN(C(=O)C(C)C)C2CC(C(=O)N3CCNCC3)N(C(=O)c3cccc(OC)c3)C2)c1. The predicted octanol–water partition coefficient (Wildman–Crippen LogP) is 2.40. The molecule has 2 heterocycles. The number of likely N-dealkylation sites (tertiary alicyclic amines) is 1. The lowest BCUT2D eigenvalue weighted by Gasteiger charge is -2.32. The van der Waals surface area contributed by atoms with Gasteiger partial charge >= 0.3 is 0 Å². The molecule has 3 amide bonds. The van der Waals surface area contributed by atoms with Gasteiger partial charge < -0.3 is 29.5 Å². The Bertz CT molecular complexity index is 1150. The summed E-state index contributed by atoms with van der Waals surface area (Å²) in [5.74, 6) is 0.744. The van der Waals surface area contributed by atoms with Crippen molar-refractivity contribution in [2.24, 2.45) is 5.92 Å². The number of hydrogen-bond donors (Lipinski definition) is 1. The molecule has 1 N–H and O–H groups in total. The van der Waals surface area contributed by atoms with Crippen LogP contribution >= 0.6 is 0 Å². The van der Waals surface area contributed by atoms with Crippen molar-refractivity contribution in [2.45, 2.75) is 38.9 Å². The molecule has 2 aliphatic rings. The van der Waals surface area contributed by atoms with Crippen LogP contribution < -0.4 is 14.8 Å². The van der Waals surface area contributed by atoms with Crippen LogP contribution in [-0.4, -0.2) is 91.4 Å². The number of hydrogen-bond acceptors (Lipinski definition) is 6. The molecule has 9 heteroatoms. The number of nitrogens with one attached hydrogen (secondary N) is 1. The van der Waals surface area contributed by atoms with Crippen molar-refractivity contribution in [1.29, 1.82) is 0 Å². The van der Waals surface area contributed by atoms with Gasteiger partial charge in [0.1, 0.15) is 17.5 Å². The third kappa shape index (κ3) is 6.10. The zero-order valence-corrected chi connectivity index (χ0v) is 22.7. The van der Waals surface area contributed by atoms with Gasteiger partial charge in [-0.25, -0.2) is 0 Å². The van der Waals surface area contributed by atoms with Gasteiger partial charge in [-0.3, -0.25) is 14.4 Å². The van der Waals surface area contributed by atoms with E-state index in [-0.39, 0.29) is 36.2 Å². The molecule has 2 atom stereocenters. The first kappa shape index (κ1) is 27.4. The Balaban J connectivity index is 1.66. The second-order valence-electron chi connectivity index (χ2n) is 10.1. The first-order valence-electron chi connectivity index (χ1n) is 13.2. The summed E-state index contributed by atoms with van der Waals surface area (Å²) >= 11 is 0. The maximum absolute atomic E-state index is 13.8. The Hall–Kier alpha value is -3.59. The number of nitrogens with zero attached hydrogens (tertiary/aromatic N) is 3. The van der Waals surface area contributed by atoms with Crippen LogP contribution in [0.4, 0.5) is 0 Å². The van der Waals surface area contributed by atoms with E-state index in [1.165, 1.54) is 0 Å². The molecule has 9 nitrogen and oxygen atoms in total. The minimum atomic E-state index is -0.649. The van der Waals surface area contributed by atoms with E-state index in [4.69, 9.17) is 9.47 Å². The average molecular weight is 523 g/mol. The van der Waals surface area contributed by atoms with Crippen LogP contribution in [0.25, 0.3) is 0 Å². The maximum Gasteiger partial charge on any atom is 0.254 e. The smallest absolute Gasteiger partial charge is 0.254 e. The third-order valence-electron chi connectivity index (χ3n) is 7.28. The van der Waals surface area contributed by atoms with Crippen molar-refractivity contribution in [3.63, 3.8) is 0 Å². The fourth-order valence-electron chi connectivity index (χ4n) is 5.20. The zero-order chi connectivity index (χ0) is 27.2. The number of amides is 3. The molecule has 2 aromatic rings. The van der Waals surface area contributed by atoms with Crippen molar-refractivity contribution >= 4 is 17.7 Å². The van der Waals surface area contributed by atoms with Crippen LogP contribution in [0.2, 0.25) is 0 Å². The number of benzene rings is 2. The summed E-state index contributed by atoms with van der Waals surface area (Å²) in [7, 11) is 3.17. The first-order chi connectivity index (χ1) is 18.3. The summed E-state index contributed by atoms with van der Waals surface area (Å²) < 4.78 is 10.7. The average Bonchev–Trinajstić information content (AvgIpc) is 3.40. The van der Waals surface area contributed by atoms with Crippen molar-refractivity contribution in [3.05, 3.63) is 59.7 Å². The number of carbonyl (C=O) groups is 3. The molecule has 0 spiro atoms. The van der Waals surface area contributed by atoms with Crippen molar-refractivity contribution in [3.8, 4) is 11.5 Å². The molecule has 0 saturated carbocycles. The molecule has 0 bridgehead atoms. The van der Waals surface area contributed by atoms with Gasteiger partial charge in [0.2, 0.25) is 11.8 Å². The molecule has 0 radical (unpaired) electrons. The van der Waals surface area contributed by atoms with Crippen LogP contribution in [0.15, 0.2) is 48.5 Å². The third-order valence-corrected chi connectivity index (χ3v) is 7.28. The second-order valence-corrected chi connectivity index (χ2v) is 10.1. The summed E-state index contributed by atoms with van der Waals surface area (Å²) in [6.07, 6.45) is 0.390. The number of ether oxygens (including phenoxy) is 2. The van der Waals surface area contributed by atoms with E-state index >= 15 is 0 Å². The summed E-state index contributed by atoms with van der Waals surface area (Å²) in [5.41, 5.74) is 1.39. The van der Waals surface area contributed by atoms with Gasteiger partial charge in [0.15, 0.2) is 0 Å². The Morgan fingerprint density at radius 1 is 1.00 bits per heavy atom. The summed E-state index contributed by atoms with van der Waals surface area (Å²) in [5, 5.41) is 3.27. The molecule has 2 saturated heterocycles. The highest BCUT2D eigenvalue weighted by atomic mass is 16.5. The van der Waals surface area contributed by atoms with E-state index in [1.807, 2.05) is 47.9 Å². The minimum Gasteiger partial charge on any atom is -0.497 e. The van der Waals surface area contributed by atoms with Gasteiger partial charge in [-0.2, -0.15) is 0 Å². The van der Waals surface area contributed by atoms with E-state index < -0.39 is 6.04 Å². The molecule has 2 fully saturated rings. The van der Waals surface area contributed by atoms with E-state index in [2.05, 4.69) is 5.32 Å². The van der Waals surface area contributed by atoms with Crippen molar-refractivity contribution < 1.29 is 23.9 Å². The standard InChI is InChI=1S/C29H38N4O5/c1-20(2)27(34)32(18-21-7-5-9-24(15-21)37-3)23-17-26(29(36)31-13-11-30-12-14-31)33(19-23)28(35)22-8-6-10-25(16-22)38-4/h5-10,15-16,20,23,26,30H,11-14,17-19H2,1-4H3. The number of carbonyl (C=O) groups excluding carboxylic acids is 3. The molecular formula is C29H38N4O5. The molecule has 2 aliphatic heterocycles. The van der Waals surface area contributed by atoms with Gasteiger partial charge in [0.25, 0.3) is 5.91 Å². The van der Waals surface area contributed by atoms with Gasteiger partial charge in [0.05, 0.1) is 20.3 Å². The predicted molar refractivity (Wildman–Crippen MR) is 144 cm³/mol. The Morgan fingerprint density at radius 2 is 1.66 bits per heavy atom. The normalized spacial score (nSPS) is 19.4. The minimum absolute atomic E-state index is 0.0122. The molecule has 2 aromatic carbocycles. The highest BCUT2D eigenvalue weighted by molar-refractivity contribution is 5.98. The summed E-state index contributed by atoms with van der Waals surface area (Å²) in [4.78, 5) is 46.3. The van der Waals surface area contributed by atoms with Crippen LogP contribution in [-0.2, 0) is 16.1 Å². The molecule has 0 aliphatic carbocycles. The van der Waals surface area contributed by atoms with Crippen LogP contribution in [0, 0.1) is 5.92 Å². The molecule has 204 valence electrons. The Morgan fingerprint density at radius 3 is 2.32 bits per heavy atom. The molecule has 4 rings (SSSR count). The molecule has 0 aromatic heterocycles. The fraction of sp³-hybridized carbons (Fsp3) is 0.483. The number of piperazine rings is 1. The van der Waals surface area contributed by atoms with E-state index in [0.717, 1.165) is 18.7 Å². The maximum atomic E-state index is 13.8. The summed E-state index contributed by atoms with van der Waals surface area (Å²) in [6.45, 7) is 7.03. The van der Waals surface area contributed by atoms with E-state index in [0.29, 0.717) is 43.1 Å². The van der Waals surface area contributed by atoms with Gasteiger partial charge in [0, 0.05) is 50.7 Å². The van der Waals surface area contributed by atoms with Crippen molar-refractivity contribution in [2.75, 3.05) is 46.9 Å². The van der Waals surface area contributed by atoms with E-state index in [1.54, 1.807) is 43.4 Å². The van der Waals surface area contributed by atoms with Gasteiger partial charge in [-0.05, 0) is 42.3 Å². The highest BCUT2D eigenvalue weighted by Gasteiger charge is 2.45. The zero-order valence-electron chi connectivity index (χ0n) is 22.7. The van der Waals surface area contributed by atoms with Crippen molar-refractivity contribution in [1.82, 2.24) is 20.0 Å². The Labute approximate surface area is 224 Å².